The summed E-state index contributed by atoms with van der Waals surface area (Å²) in [5, 5.41) is 0. The maximum absolute atomic E-state index is 13.4. The number of halogens is 1. The zero-order valence-corrected chi connectivity index (χ0v) is 10.8. The zero-order valence-electron chi connectivity index (χ0n) is 10.0. The molecule has 0 aliphatic rings. The van der Waals surface area contributed by atoms with Crippen molar-refractivity contribution >= 4 is 21.8 Å². The van der Waals surface area contributed by atoms with E-state index in [0.717, 1.165) is 5.56 Å². The summed E-state index contributed by atoms with van der Waals surface area (Å²) in [6, 6.07) is 11.8. The highest BCUT2D eigenvalue weighted by Gasteiger charge is 2.15. The van der Waals surface area contributed by atoms with E-state index in [4.69, 9.17) is 0 Å². The van der Waals surface area contributed by atoms with Crippen LogP contribution < -0.4 is 4.72 Å². The molecule has 3 nitrogen and oxygen atoms in total. The van der Waals surface area contributed by atoms with Gasteiger partial charge in [0.2, 0.25) is 0 Å². The third kappa shape index (κ3) is 3.00. The van der Waals surface area contributed by atoms with E-state index < -0.39 is 15.8 Å². The SMILES string of the molecule is C=Cc1ccc(S(=O)(=O)Nc2ccccc2F)cc1. The number of sulfonamides is 1. The molecule has 0 spiro atoms. The molecule has 0 aliphatic heterocycles. The maximum atomic E-state index is 13.4. The van der Waals surface area contributed by atoms with Gasteiger partial charge in [-0.2, -0.15) is 0 Å². The number of hydrogen-bond acceptors (Lipinski definition) is 2. The minimum absolute atomic E-state index is 0.0707. The number of nitrogens with one attached hydrogen (secondary N) is 1. The van der Waals surface area contributed by atoms with Gasteiger partial charge in [-0.25, -0.2) is 12.8 Å². The fourth-order valence-electron chi connectivity index (χ4n) is 1.53. The van der Waals surface area contributed by atoms with Crippen LogP contribution in [-0.4, -0.2) is 8.42 Å². The molecule has 98 valence electrons. The molecule has 0 atom stereocenters. The Kier molecular flexibility index (Phi) is 3.66. The van der Waals surface area contributed by atoms with E-state index in [9.17, 15) is 12.8 Å². The monoisotopic (exact) mass is 277 g/mol. The first-order valence-electron chi connectivity index (χ1n) is 5.53. The lowest BCUT2D eigenvalue weighted by molar-refractivity contribution is 0.598. The molecule has 0 aliphatic carbocycles. The summed E-state index contributed by atoms with van der Waals surface area (Å²) in [6.45, 7) is 3.59. The van der Waals surface area contributed by atoms with E-state index in [1.165, 1.54) is 30.3 Å². The molecule has 0 bridgehead atoms. The largest absolute Gasteiger partial charge is 0.277 e. The highest BCUT2D eigenvalue weighted by Crippen LogP contribution is 2.19. The fourth-order valence-corrected chi connectivity index (χ4v) is 2.60. The molecule has 0 amide bonds. The Bertz CT molecular complexity index is 694. The number of hydrogen-bond donors (Lipinski definition) is 1. The van der Waals surface area contributed by atoms with Gasteiger partial charge in [0, 0.05) is 0 Å². The summed E-state index contributed by atoms with van der Waals surface area (Å²) in [6.07, 6.45) is 1.61. The van der Waals surface area contributed by atoms with E-state index in [2.05, 4.69) is 11.3 Å². The standard InChI is InChI=1S/C14H12FNO2S/c1-2-11-7-9-12(10-8-11)19(17,18)16-14-6-4-3-5-13(14)15/h2-10,16H,1H2. The third-order valence-corrected chi connectivity index (χ3v) is 3.93. The highest BCUT2D eigenvalue weighted by molar-refractivity contribution is 7.92. The molecule has 2 rings (SSSR count). The molecular weight excluding hydrogens is 265 g/mol. The summed E-state index contributed by atoms with van der Waals surface area (Å²) >= 11 is 0. The Hall–Kier alpha value is -2.14. The van der Waals surface area contributed by atoms with Gasteiger partial charge in [-0.05, 0) is 29.8 Å². The van der Waals surface area contributed by atoms with Crippen molar-refractivity contribution in [2.24, 2.45) is 0 Å². The van der Waals surface area contributed by atoms with Crippen LogP contribution in [0.3, 0.4) is 0 Å². The number of benzene rings is 2. The summed E-state index contributed by atoms with van der Waals surface area (Å²) in [5.41, 5.74) is 0.736. The van der Waals surface area contributed by atoms with E-state index in [1.54, 1.807) is 24.3 Å². The second-order valence-corrected chi connectivity index (χ2v) is 5.54. The van der Waals surface area contributed by atoms with Crippen molar-refractivity contribution in [3.63, 3.8) is 0 Å². The van der Waals surface area contributed by atoms with Gasteiger partial charge in [0.1, 0.15) is 5.82 Å². The molecule has 0 aromatic heterocycles. The molecular formula is C14H12FNO2S. The average molecular weight is 277 g/mol. The van der Waals surface area contributed by atoms with Gasteiger partial charge < -0.3 is 0 Å². The van der Waals surface area contributed by atoms with Crippen LogP contribution in [0.4, 0.5) is 10.1 Å². The molecule has 2 aromatic rings. The molecule has 0 radical (unpaired) electrons. The highest BCUT2D eigenvalue weighted by atomic mass is 32.2. The smallest absolute Gasteiger partial charge is 0.261 e. The van der Waals surface area contributed by atoms with Gasteiger partial charge in [0.05, 0.1) is 10.6 Å². The van der Waals surface area contributed by atoms with Crippen molar-refractivity contribution in [3.8, 4) is 0 Å². The lowest BCUT2D eigenvalue weighted by Gasteiger charge is -2.08. The molecule has 0 saturated heterocycles. The molecule has 19 heavy (non-hydrogen) atoms. The molecule has 1 N–H and O–H groups in total. The van der Waals surface area contributed by atoms with Crippen LogP contribution in [0.2, 0.25) is 0 Å². The second kappa shape index (κ2) is 5.24. The Balaban J connectivity index is 2.32. The zero-order chi connectivity index (χ0) is 13.9. The molecule has 0 fully saturated rings. The van der Waals surface area contributed by atoms with Gasteiger partial charge in [0.15, 0.2) is 0 Å². The predicted molar refractivity (Wildman–Crippen MR) is 73.7 cm³/mol. The van der Waals surface area contributed by atoms with Gasteiger partial charge >= 0.3 is 0 Å². The minimum atomic E-state index is -3.79. The third-order valence-electron chi connectivity index (χ3n) is 2.54. The van der Waals surface area contributed by atoms with Crippen molar-refractivity contribution < 1.29 is 12.8 Å². The Morgan fingerprint density at radius 1 is 1.05 bits per heavy atom. The first-order chi connectivity index (χ1) is 9.03. The summed E-state index contributed by atoms with van der Waals surface area (Å²) in [4.78, 5) is 0.0707. The second-order valence-electron chi connectivity index (χ2n) is 3.86. The van der Waals surface area contributed by atoms with E-state index in [1.807, 2.05) is 0 Å². The summed E-state index contributed by atoms with van der Waals surface area (Å²) < 4.78 is 39.7. The predicted octanol–water partition coefficient (Wildman–Crippen LogP) is 3.27. The molecule has 0 unspecified atom stereocenters. The quantitative estimate of drug-likeness (QED) is 0.932. The van der Waals surface area contributed by atoms with Gasteiger partial charge in [-0.1, -0.05) is 36.9 Å². The van der Waals surface area contributed by atoms with Crippen molar-refractivity contribution in [2.75, 3.05) is 4.72 Å². The van der Waals surface area contributed by atoms with Crippen LogP contribution in [-0.2, 0) is 10.0 Å². The van der Waals surface area contributed by atoms with E-state index >= 15 is 0 Å². The van der Waals surface area contributed by atoms with Crippen LogP contribution >= 0.6 is 0 Å². The average Bonchev–Trinajstić information content (AvgIpc) is 2.41. The Labute approximate surface area is 111 Å². The first kappa shape index (κ1) is 13.3. The van der Waals surface area contributed by atoms with Crippen LogP contribution in [0.1, 0.15) is 5.56 Å². The Morgan fingerprint density at radius 3 is 2.26 bits per heavy atom. The fraction of sp³-hybridized carbons (Fsp3) is 0. The number of rotatable bonds is 4. The summed E-state index contributed by atoms with van der Waals surface area (Å²) in [7, 11) is -3.79. The summed E-state index contributed by atoms with van der Waals surface area (Å²) in [5.74, 6) is -0.617. The van der Waals surface area contributed by atoms with Gasteiger partial charge in [-0.3, -0.25) is 4.72 Å². The van der Waals surface area contributed by atoms with Gasteiger partial charge in [-0.15, -0.1) is 0 Å². The van der Waals surface area contributed by atoms with Crippen LogP contribution in [0.25, 0.3) is 6.08 Å². The van der Waals surface area contributed by atoms with Crippen LogP contribution in [0.15, 0.2) is 60.0 Å². The van der Waals surface area contributed by atoms with Crippen molar-refractivity contribution in [1.82, 2.24) is 0 Å². The minimum Gasteiger partial charge on any atom is -0.277 e. The van der Waals surface area contributed by atoms with Crippen molar-refractivity contribution in [1.29, 1.82) is 0 Å². The molecule has 2 aromatic carbocycles. The lowest BCUT2D eigenvalue weighted by atomic mass is 10.2. The van der Waals surface area contributed by atoms with Gasteiger partial charge in [0.25, 0.3) is 10.0 Å². The molecule has 0 heterocycles. The number of para-hydroxylation sites is 1. The maximum Gasteiger partial charge on any atom is 0.261 e. The van der Waals surface area contributed by atoms with Crippen molar-refractivity contribution in [2.45, 2.75) is 4.90 Å². The van der Waals surface area contributed by atoms with Crippen LogP contribution in [0.5, 0.6) is 0 Å². The number of anilines is 1. The first-order valence-corrected chi connectivity index (χ1v) is 7.01. The molecule has 5 heteroatoms. The topological polar surface area (TPSA) is 46.2 Å². The normalized spacial score (nSPS) is 11.0. The molecule has 0 saturated carbocycles. The Morgan fingerprint density at radius 2 is 1.68 bits per heavy atom. The van der Waals surface area contributed by atoms with Crippen LogP contribution in [0, 0.1) is 5.82 Å². The van der Waals surface area contributed by atoms with Crippen molar-refractivity contribution in [3.05, 3.63) is 66.5 Å². The lowest BCUT2D eigenvalue weighted by Crippen LogP contribution is -2.13. The van der Waals surface area contributed by atoms with E-state index in [-0.39, 0.29) is 10.6 Å². The van der Waals surface area contributed by atoms with E-state index in [0.29, 0.717) is 0 Å².